The van der Waals surface area contributed by atoms with Gasteiger partial charge in [0.25, 0.3) is 0 Å². The first kappa shape index (κ1) is 20.4. The van der Waals surface area contributed by atoms with Crippen molar-refractivity contribution in [2.24, 2.45) is 0 Å². The molecular weight excluding hydrogens is 432 g/mol. The summed E-state index contributed by atoms with van der Waals surface area (Å²) in [7, 11) is 0. The summed E-state index contributed by atoms with van der Waals surface area (Å²) < 4.78 is 36.3. The van der Waals surface area contributed by atoms with E-state index >= 15 is 0 Å². The minimum atomic E-state index is -1.26. The molecule has 164 valence electrons. The highest BCUT2D eigenvalue weighted by molar-refractivity contribution is 6.31. The number of hydrogen-bond acceptors (Lipinski definition) is 7. The van der Waals surface area contributed by atoms with E-state index in [-0.39, 0.29) is 28.3 Å². The number of fused-ring (bicyclic) bond motifs is 2. The molecule has 0 spiro atoms. The predicted molar refractivity (Wildman–Crippen MR) is 109 cm³/mol. The summed E-state index contributed by atoms with van der Waals surface area (Å²) >= 11 is 6.05. The van der Waals surface area contributed by atoms with E-state index in [1.807, 2.05) is 0 Å². The molecular formula is C20H20ClF2N5O3. The molecule has 5 N–H and O–H groups in total. The third kappa shape index (κ3) is 3.21. The van der Waals surface area contributed by atoms with Gasteiger partial charge in [-0.3, -0.25) is 0 Å². The zero-order chi connectivity index (χ0) is 21.9. The van der Waals surface area contributed by atoms with E-state index in [4.69, 9.17) is 22.1 Å². The van der Waals surface area contributed by atoms with Crippen LogP contribution in [0.2, 0.25) is 5.02 Å². The fraction of sp³-hybridized carbons (Fsp3) is 0.400. The third-order valence-electron chi connectivity index (χ3n) is 6.07. The van der Waals surface area contributed by atoms with Crippen molar-refractivity contribution >= 4 is 28.5 Å². The molecule has 0 saturated heterocycles. The van der Waals surface area contributed by atoms with Crippen molar-refractivity contribution in [1.82, 2.24) is 19.9 Å². The highest BCUT2D eigenvalue weighted by atomic mass is 35.5. The number of benzene rings is 1. The first-order chi connectivity index (χ1) is 14.9. The smallest absolute Gasteiger partial charge is 0.154 e. The second kappa shape index (κ2) is 7.56. The molecule has 1 saturated carbocycles. The average molecular weight is 452 g/mol. The molecule has 11 heteroatoms. The van der Waals surface area contributed by atoms with Crippen molar-refractivity contribution < 1.29 is 23.7 Å². The molecule has 0 amide bonds. The molecule has 1 aliphatic carbocycles. The number of nitrogens with two attached hydrogens (primary N) is 1. The van der Waals surface area contributed by atoms with E-state index in [1.54, 1.807) is 0 Å². The monoisotopic (exact) mass is 451 g/mol. The lowest BCUT2D eigenvalue weighted by Crippen LogP contribution is -2.35. The van der Waals surface area contributed by atoms with E-state index < -0.39 is 36.0 Å². The second-order valence-corrected chi connectivity index (χ2v) is 8.24. The Morgan fingerprint density at radius 3 is 2.84 bits per heavy atom. The lowest BCUT2D eigenvalue weighted by Gasteiger charge is -2.25. The maximum absolute atomic E-state index is 14.4. The Morgan fingerprint density at radius 1 is 1.23 bits per heavy atom. The van der Waals surface area contributed by atoms with E-state index in [0.29, 0.717) is 36.4 Å². The number of nitrogens with zero attached hydrogens (tertiary/aromatic N) is 3. The van der Waals surface area contributed by atoms with Gasteiger partial charge in [0.1, 0.15) is 47.7 Å². The third-order valence-corrected chi connectivity index (χ3v) is 6.35. The molecule has 0 bridgehead atoms. The molecule has 31 heavy (non-hydrogen) atoms. The quantitative estimate of drug-likeness (QED) is 0.478. The summed E-state index contributed by atoms with van der Waals surface area (Å²) in [4.78, 5) is 7.88. The highest BCUT2D eigenvalue weighted by Crippen LogP contribution is 2.39. The van der Waals surface area contributed by atoms with Crippen LogP contribution in [0.15, 0.2) is 18.6 Å². The number of nitrogens with one attached hydrogen (secondary N) is 1. The standard InChI is InChI=1S/C20H20ClF2N5O3/c21-10-3-13(9-5-25-2-1-8(9)16(10)23)31-14-4-12(17(29)18(14)30)28-6-11(22)15-19(24)26-7-27-20(15)28/h3,6-7,12,14,17-18,25,29-30H,1-2,4-5H2,(H2,24,26,27)/t12?,14?,17-,18+/m0/s1. The number of aromatic nitrogens is 3. The Morgan fingerprint density at radius 2 is 2.03 bits per heavy atom. The molecule has 2 unspecified atom stereocenters. The van der Waals surface area contributed by atoms with Crippen molar-refractivity contribution in [1.29, 1.82) is 0 Å². The molecule has 1 fully saturated rings. The Balaban J connectivity index is 1.48. The molecule has 2 aromatic heterocycles. The lowest BCUT2D eigenvalue weighted by atomic mass is 9.99. The number of hydrogen-bond donors (Lipinski definition) is 4. The Kier molecular flexibility index (Phi) is 4.97. The summed E-state index contributed by atoms with van der Waals surface area (Å²) in [5, 5.41) is 24.5. The fourth-order valence-electron chi connectivity index (χ4n) is 4.52. The molecule has 1 aromatic carbocycles. The molecule has 1 aliphatic heterocycles. The second-order valence-electron chi connectivity index (χ2n) is 7.84. The number of halogens is 3. The zero-order valence-corrected chi connectivity index (χ0v) is 17.0. The van der Waals surface area contributed by atoms with Crippen LogP contribution in [-0.4, -0.2) is 49.6 Å². The summed E-state index contributed by atoms with van der Waals surface area (Å²) in [5.41, 5.74) is 7.10. The van der Waals surface area contributed by atoms with Gasteiger partial charge in [-0.2, -0.15) is 0 Å². The summed E-state index contributed by atoms with van der Waals surface area (Å²) in [6, 6.07) is 0.666. The first-order valence-corrected chi connectivity index (χ1v) is 10.2. The zero-order valence-electron chi connectivity index (χ0n) is 16.2. The average Bonchev–Trinajstić information content (AvgIpc) is 3.24. The van der Waals surface area contributed by atoms with Crippen molar-refractivity contribution in [3.63, 3.8) is 0 Å². The van der Waals surface area contributed by atoms with Crippen molar-refractivity contribution in [2.45, 2.75) is 43.7 Å². The molecule has 8 nitrogen and oxygen atoms in total. The minimum absolute atomic E-state index is 0.0119. The Hall–Kier alpha value is -2.53. The van der Waals surface area contributed by atoms with Gasteiger partial charge in [0.05, 0.1) is 16.5 Å². The van der Waals surface area contributed by atoms with Crippen LogP contribution in [-0.2, 0) is 13.0 Å². The normalized spacial score (nSPS) is 25.7. The van der Waals surface area contributed by atoms with Crippen LogP contribution in [0, 0.1) is 11.6 Å². The van der Waals surface area contributed by atoms with Gasteiger partial charge in [-0.1, -0.05) is 11.6 Å². The van der Waals surface area contributed by atoms with Gasteiger partial charge in [-0.25, -0.2) is 18.7 Å². The number of nitrogen functional groups attached to an aromatic ring is 1. The molecule has 3 heterocycles. The van der Waals surface area contributed by atoms with E-state index in [2.05, 4.69) is 15.3 Å². The van der Waals surface area contributed by atoms with Gasteiger partial charge >= 0.3 is 0 Å². The topological polar surface area (TPSA) is 118 Å². The number of ether oxygens (including phenoxy) is 1. The summed E-state index contributed by atoms with van der Waals surface area (Å²) in [6.45, 7) is 1.02. The first-order valence-electron chi connectivity index (χ1n) is 9.86. The SMILES string of the molecule is Nc1ncnc2c1c(F)cn2C1CC(Oc2cc(Cl)c(F)c3c2CNCC3)[C@@H](O)[C@H]1O. The van der Waals surface area contributed by atoms with Gasteiger partial charge < -0.3 is 30.6 Å². The summed E-state index contributed by atoms with van der Waals surface area (Å²) in [6.07, 6.45) is -0.328. The lowest BCUT2D eigenvalue weighted by molar-refractivity contribution is -0.0167. The number of anilines is 1. The van der Waals surface area contributed by atoms with Crippen LogP contribution < -0.4 is 15.8 Å². The van der Waals surface area contributed by atoms with Gasteiger partial charge in [0.15, 0.2) is 5.82 Å². The number of rotatable bonds is 3. The van der Waals surface area contributed by atoms with Crippen LogP contribution in [0.1, 0.15) is 23.6 Å². The Labute approximate surface area is 180 Å². The molecule has 3 aromatic rings. The van der Waals surface area contributed by atoms with Crippen LogP contribution >= 0.6 is 11.6 Å². The maximum Gasteiger partial charge on any atom is 0.154 e. The van der Waals surface area contributed by atoms with Crippen molar-refractivity contribution in [3.05, 3.63) is 46.4 Å². The van der Waals surface area contributed by atoms with Gasteiger partial charge in [0.2, 0.25) is 0 Å². The number of aliphatic hydroxyl groups is 2. The van der Waals surface area contributed by atoms with Crippen LogP contribution in [0.3, 0.4) is 0 Å². The van der Waals surface area contributed by atoms with E-state index in [1.165, 1.54) is 23.2 Å². The fourth-order valence-corrected chi connectivity index (χ4v) is 4.73. The van der Waals surface area contributed by atoms with Gasteiger partial charge in [-0.15, -0.1) is 0 Å². The van der Waals surface area contributed by atoms with E-state index in [9.17, 15) is 19.0 Å². The van der Waals surface area contributed by atoms with Crippen LogP contribution in [0.25, 0.3) is 11.0 Å². The van der Waals surface area contributed by atoms with Crippen molar-refractivity contribution in [3.8, 4) is 5.75 Å². The van der Waals surface area contributed by atoms with Crippen LogP contribution in [0.5, 0.6) is 5.75 Å². The molecule has 5 rings (SSSR count). The van der Waals surface area contributed by atoms with Crippen LogP contribution in [0.4, 0.5) is 14.6 Å². The Bertz CT molecular complexity index is 1170. The highest BCUT2D eigenvalue weighted by Gasteiger charge is 2.45. The molecule has 0 radical (unpaired) electrons. The molecule has 4 atom stereocenters. The van der Waals surface area contributed by atoms with Gasteiger partial charge in [-0.05, 0) is 18.5 Å². The predicted octanol–water partition coefficient (Wildman–Crippen LogP) is 1.70. The number of aliphatic hydroxyl groups excluding tert-OH is 2. The molecule has 2 aliphatic rings. The van der Waals surface area contributed by atoms with Gasteiger partial charge in [0, 0.05) is 30.8 Å². The van der Waals surface area contributed by atoms with Crippen molar-refractivity contribution in [2.75, 3.05) is 12.3 Å². The van der Waals surface area contributed by atoms with E-state index in [0.717, 1.165) is 0 Å². The summed E-state index contributed by atoms with van der Waals surface area (Å²) in [5.74, 6) is -0.755. The minimum Gasteiger partial charge on any atom is -0.487 e. The largest absolute Gasteiger partial charge is 0.487 e. The maximum atomic E-state index is 14.4.